The van der Waals surface area contributed by atoms with Gasteiger partial charge in [0.15, 0.2) is 0 Å². The number of rotatable bonds is 7. The summed E-state index contributed by atoms with van der Waals surface area (Å²) in [5.74, 6) is -0.940. The maximum Gasteiger partial charge on any atom is 0.573 e. The molecule has 0 spiro atoms. The van der Waals surface area contributed by atoms with Crippen LogP contribution in [0.2, 0.25) is 5.02 Å². The Balaban J connectivity index is 1.55. The third-order valence-electron chi connectivity index (χ3n) is 4.81. The van der Waals surface area contributed by atoms with Gasteiger partial charge in [0.2, 0.25) is 5.88 Å². The first-order valence-electron chi connectivity index (χ1n) is 10.0. The molecule has 0 fully saturated rings. The van der Waals surface area contributed by atoms with Gasteiger partial charge in [-0.15, -0.1) is 13.2 Å². The zero-order valence-electron chi connectivity index (χ0n) is 18.0. The van der Waals surface area contributed by atoms with Crippen molar-refractivity contribution in [3.63, 3.8) is 0 Å². The van der Waals surface area contributed by atoms with Crippen LogP contribution in [0, 0.1) is 0 Å². The number of aromatic hydroxyl groups is 1. The minimum absolute atomic E-state index is 0.000549. The summed E-state index contributed by atoms with van der Waals surface area (Å²) in [6.07, 6.45) is -2.38. The summed E-state index contributed by atoms with van der Waals surface area (Å²) in [7, 11) is -3.95. The number of nitrogens with zero attached hydrogens (tertiary/aromatic N) is 3. The molecule has 14 heteroatoms. The Morgan fingerprint density at radius 3 is 2.36 bits per heavy atom. The van der Waals surface area contributed by atoms with E-state index in [1.165, 1.54) is 48.7 Å². The molecule has 0 atom stereocenters. The first-order chi connectivity index (χ1) is 16.9. The molecule has 0 aliphatic carbocycles. The summed E-state index contributed by atoms with van der Waals surface area (Å²) >= 11 is 5.79. The van der Waals surface area contributed by atoms with Crippen molar-refractivity contribution in [3.8, 4) is 17.3 Å². The van der Waals surface area contributed by atoms with Gasteiger partial charge in [0, 0.05) is 11.2 Å². The Morgan fingerprint density at radius 2 is 1.72 bits per heavy atom. The maximum absolute atomic E-state index is 12.9. The van der Waals surface area contributed by atoms with Crippen LogP contribution in [0.3, 0.4) is 0 Å². The van der Waals surface area contributed by atoms with Gasteiger partial charge >= 0.3 is 12.1 Å². The lowest BCUT2D eigenvalue weighted by atomic mass is 10.2. The first-order valence-corrected chi connectivity index (χ1v) is 11.9. The second-order valence-corrected chi connectivity index (χ2v) is 9.50. The van der Waals surface area contributed by atoms with Gasteiger partial charge in [-0.05, 0) is 66.2 Å². The highest BCUT2D eigenvalue weighted by atomic mass is 35.5. The van der Waals surface area contributed by atoms with E-state index < -0.39 is 33.7 Å². The Hall–Kier alpha value is -3.97. The van der Waals surface area contributed by atoms with Crippen molar-refractivity contribution in [2.45, 2.75) is 17.8 Å². The number of nitrogens with one attached hydrogen (secondary N) is 1. The van der Waals surface area contributed by atoms with Gasteiger partial charge in [0.1, 0.15) is 11.6 Å². The fourth-order valence-electron chi connectivity index (χ4n) is 3.27. The van der Waals surface area contributed by atoms with Gasteiger partial charge in [-0.1, -0.05) is 11.6 Å². The number of halogens is 4. The van der Waals surface area contributed by atoms with Crippen molar-refractivity contribution in [1.82, 2.24) is 14.1 Å². The molecule has 0 saturated heterocycles. The molecule has 188 valence electrons. The van der Waals surface area contributed by atoms with E-state index >= 15 is 0 Å². The lowest BCUT2D eigenvalue weighted by molar-refractivity contribution is -0.274. The number of benzene rings is 2. The third kappa shape index (κ3) is 5.80. The van der Waals surface area contributed by atoms with Crippen molar-refractivity contribution in [2.75, 3.05) is 4.72 Å². The highest BCUT2D eigenvalue weighted by Gasteiger charge is 2.31. The highest BCUT2D eigenvalue weighted by molar-refractivity contribution is 7.92. The summed E-state index contributed by atoms with van der Waals surface area (Å²) in [4.78, 5) is 16.8. The highest BCUT2D eigenvalue weighted by Crippen LogP contribution is 2.25. The number of pyridine rings is 1. The van der Waals surface area contributed by atoms with E-state index in [0.717, 1.165) is 27.5 Å². The zero-order chi connectivity index (χ0) is 26.1. The fourth-order valence-corrected chi connectivity index (χ4v) is 4.39. The summed E-state index contributed by atoms with van der Waals surface area (Å²) < 4.78 is 70.4. The lowest BCUT2D eigenvalue weighted by Gasteiger charge is -2.10. The van der Waals surface area contributed by atoms with E-state index in [-0.39, 0.29) is 22.9 Å². The van der Waals surface area contributed by atoms with Crippen molar-refractivity contribution in [1.29, 1.82) is 0 Å². The topological polar surface area (TPSA) is 115 Å². The van der Waals surface area contributed by atoms with Crippen LogP contribution in [-0.2, 0) is 16.6 Å². The third-order valence-corrected chi connectivity index (χ3v) is 6.43. The van der Waals surface area contributed by atoms with E-state index in [2.05, 4.69) is 14.4 Å². The number of alkyl halides is 3. The Morgan fingerprint density at radius 1 is 1.06 bits per heavy atom. The van der Waals surface area contributed by atoms with Gasteiger partial charge in [-0.25, -0.2) is 22.8 Å². The Bertz CT molecular complexity index is 1550. The van der Waals surface area contributed by atoms with E-state index in [4.69, 9.17) is 11.6 Å². The molecule has 0 saturated carbocycles. The number of hydrogen-bond acceptors (Lipinski definition) is 6. The summed E-state index contributed by atoms with van der Waals surface area (Å²) in [5.41, 5.74) is -0.0963. The molecule has 0 amide bonds. The van der Waals surface area contributed by atoms with Crippen LogP contribution in [0.25, 0.3) is 5.69 Å². The van der Waals surface area contributed by atoms with E-state index in [1.54, 1.807) is 6.07 Å². The molecule has 0 unspecified atom stereocenters. The van der Waals surface area contributed by atoms with E-state index in [1.807, 2.05) is 0 Å². The standard InChI is InChI=1S/C22H16ClF3N4O5S/c23-15-1-7-18(8-2-15)36(33,34)28-19-11-14(9-10-27-19)12-29-13-20(31)30(21(29)32)16-3-5-17(6-4-16)35-22(24,25)26/h1-11,13,31H,12H2,(H,27,28). The molecule has 2 heterocycles. The predicted octanol–water partition coefficient (Wildman–Crippen LogP) is 4.14. The van der Waals surface area contributed by atoms with Gasteiger partial charge in [-0.2, -0.15) is 0 Å². The molecule has 0 bridgehead atoms. The minimum Gasteiger partial charge on any atom is -0.493 e. The Kier molecular flexibility index (Phi) is 6.69. The van der Waals surface area contributed by atoms with Crippen LogP contribution in [0.1, 0.15) is 5.56 Å². The summed E-state index contributed by atoms with van der Waals surface area (Å²) in [6, 6.07) is 12.9. The van der Waals surface area contributed by atoms with Gasteiger partial charge in [0.25, 0.3) is 10.0 Å². The molecule has 2 aromatic heterocycles. The van der Waals surface area contributed by atoms with Crippen molar-refractivity contribution < 1.29 is 31.4 Å². The quantitative estimate of drug-likeness (QED) is 0.364. The zero-order valence-corrected chi connectivity index (χ0v) is 19.5. The molecule has 4 rings (SSSR count). The molecule has 36 heavy (non-hydrogen) atoms. The smallest absolute Gasteiger partial charge is 0.493 e. The summed E-state index contributed by atoms with van der Waals surface area (Å²) in [6.45, 7) is -0.0626. The fraction of sp³-hybridized carbons (Fsp3) is 0.0909. The minimum atomic E-state index is -4.86. The van der Waals surface area contributed by atoms with Crippen LogP contribution in [0.5, 0.6) is 11.6 Å². The van der Waals surface area contributed by atoms with Crippen LogP contribution in [0.4, 0.5) is 19.0 Å². The van der Waals surface area contributed by atoms with Crippen LogP contribution >= 0.6 is 11.6 Å². The molecular formula is C22H16ClF3N4O5S. The summed E-state index contributed by atoms with van der Waals surface area (Å²) in [5, 5.41) is 10.6. The SMILES string of the molecule is O=c1n(Cc2ccnc(NS(=O)(=O)c3ccc(Cl)cc3)c2)cc(O)n1-c1ccc(OC(F)(F)F)cc1. The number of ether oxygens (including phenoxy) is 1. The Labute approximate surface area is 207 Å². The van der Waals surface area contributed by atoms with Gasteiger partial charge in [0.05, 0.1) is 23.3 Å². The number of anilines is 1. The van der Waals surface area contributed by atoms with Crippen LogP contribution in [-0.4, -0.2) is 34.0 Å². The van der Waals surface area contributed by atoms with E-state index in [9.17, 15) is 31.5 Å². The lowest BCUT2D eigenvalue weighted by Crippen LogP contribution is -2.23. The molecule has 0 aliphatic rings. The maximum atomic E-state index is 12.9. The van der Waals surface area contributed by atoms with Gasteiger partial charge in [-0.3, -0.25) is 9.29 Å². The monoisotopic (exact) mass is 540 g/mol. The van der Waals surface area contributed by atoms with E-state index in [0.29, 0.717) is 10.6 Å². The number of hydrogen-bond donors (Lipinski definition) is 2. The van der Waals surface area contributed by atoms with Crippen LogP contribution < -0.4 is 15.1 Å². The van der Waals surface area contributed by atoms with Crippen LogP contribution in [0.15, 0.2) is 82.7 Å². The molecule has 0 aliphatic heterocycles. The molecular weight excluding hydrogens is 525 g/mol. The number of sulfonamides is 1. The molecule has 2 aromatic carbocycles. The largest absolute Gasteiger partial charge is 0.573 e. The second kappa shape index (κ2) is 9.59. The molecule has 9 nitrogen and oxygen atoms in total. The number of imidazole rings is 1. The molecule has 0 radical (unpaired) electrons. The van der Waals surface area contributed by atoms with Crippen molar-refractivity contribution in [2.24, 2.45) is 0 Å². The van der Waals surface area contributed by atoms with Crippen molar-refractivity contribution in [3.05, 3.63) is 94.1 Å². The normalized spacial score (nSPS) is 11.9. The van der Waals surface area contributed by atoms with Crippen molar-refractivity contribution >= 4 is 27.4 Å². The van der Waals surface area contributed by atoms with Gasteiger partial charge < -0.3 is 9.84 Å². The predicted molar refractivity (Wildman–Crippen MR) is 124 cm³/mol. The average Bonchev–Trinajstić information content (AvgIpc) is 3.06. The first kappa shape index (κ1) is 25.1. The molecule has 2 N–H and O–H groups in total. The second-order valence-electron chi connectivity index (χ2n) is 7.38. The average molecular weight is 541 g/mol. The molecule has 4 aromatic rings. The number of aromatic nitrogens is 3.